The molecule has 0 radical (unpaired) electrons. The fourth-order valence-corrected chi connectivity index (χ4v) is 7.26. The Balaban J connectivity index is 1.50. The Morgan fingerprint density at radius 3 is 2.71 bits per heavy atom. The topological polar surface area (TPSA) is 137 Å². The number of carbonyl (C=O) groups excluding carboxylic acids is 1. The lowest BCUT2D eigenvalue weighted by molar-refractivity contribution is 0.0636. The second-order valence-electron chi connectivity index (χ2n) is 12.6. The quantitative estimate of drug-likeness (QED) is 0.270. The molecular formula is C31H33ClFN7O4S. The lowest BCUT2D eigenvalue weighted by atomic mass is 9.94. The van der Waals surface area contributed by atoms with Crippen LogP contribution in [-0.2, 0) is 22.7 Å². The molecule has 2 N–H and O–H groups in total. The molecule has 2 aliphatic heterocycles. The van der Waals surface area contributed by atoms with E-state index in [0.29, 0.717) is 35.5 Å². The molecule has 236 valence electrons. The number of fused-ring (bicyclic) bond motifs is 4. The number of nitrogens with one attached hydrogen (secondary N) is 1. The van der Waals surface area contributed by atoms with Gasteiger partial charge in [0.25, 0.3) is 0 Å². The van der Waals surface area contributed by atoms with Gasteiger partial charge in [0.05, 0.1) is 58.1 Å². The molecule has 0 saturated carbocycles. The van der Waals surface area contributed by atoms with E-state index in [1.807, 2.05) is 11.9 Å². The van der Waals surface area contributed by atoms with Crippen molar-refractivity contribution in [3.63, 3.8) is 0 Å². The Labute approximate surface area is 268 Å². The highest BCUT2D eigenvalue weighted by molar-refractivity contribution is 7.23. The first-order valence-corrected chi connectivity index (χ1v) is 15.7. The molecule has 3 aromatic heterocycles. The predicted molar refractivity (Wildman–Crippen MR) is 171 cm³/mol. The second-order valence-corrected chi connectivity index (χ2v) is 14.0. The zero-order valence-electron chi connectivity index (χ0n) is 25.7. The number of amides is 1. The normalized spacial score (nSPS) is 18.3. The minimum Gasteiger partial charge on any atom is -0.444 e. The summed E-state index contributed by atoms with van der Waals surface area (Å²) in [7, 11) is 1.99. The molecule has 45 heavy (non-hydrogen) atoms. The molecule has 2 atom stereocenters. The van der Waals surface area contributed by atoms with E-state index in [1.54, 1.807) is 27.0 Å². The number of rotatable bonds is 5. The number of anilines is 2. The van der Waals surface area contributed by atoms with E-state index >= 15 is 4.39 Å². The monoisotopic (exact) mass is 653 g/mol. The number of β-amino-alcohol motifs (C(OH)–C–C–N with tert-alkyl or cyclic N) is 1. The summed E-state index contributed by atoms with van der Waals surface area (Å²) >= 11 is 8.08. The Hall–Kier alpha value is -3.67. The van der Waals surface area contributed by atoms with Gasteiger partial charge in [0.2, 0.25) is 5.95 Å². The van der Waals surface area contributed by atoms with E-state index in [0.717, 1.165) is 28.7 Å². The number of carbonyl (C=O) groups is 1. The van der Waals surface area contributed by atoms with Gasteiger partial charge in [0.1, 0.15) is 16.7 Å². The number of nitriles is 1. The zero-order chi connectivity index (χ0) is 32.4. The smallest absolute Gasteiger partial charge is 0.412 e. The van der Waals surface area contributed by atoms with E-state index < -0.39 is 23.6 Å². The first-order chi connectivity index (χ1) is 21.3. The van der Waals surface area contributed by atoms with Crippen LogP contribution in [0, 0.1) is 17.1 Å². The summed E-state index contributed by atoms with van der Waals surface area (Å²) < 4.78 is 26.6. The first kappa shape index (κ1) is 31.3. The summed E-state index contributed by atoms with van der Waals surface area (Å²) in [6.45, 7) is 10.7. The highest BCUT2D eigenvalue weighted by Gasteiger charge is 2.37. The number of hydrogen-bond acceptors (Lipinski definition) is 11. The number of hydrogen-bond donors (Lipinski definition) is 2. The van der Waals surface area contributed by atoms with Crippen molar-refractivity contribution in [2.75, 3.05) is 30.4 Å². The van der Waals surface area contributed by atoms with Gasteiger partial charge >= 0.3 is 6.09 Å². The van der Waals surface area contributed by atoms with Crippen molar-refractivity contribution in [2.24, 2.45) is 0 Å². The third-order valence-corrected chi connectivity index (χ3v) is 9.68. The molecule has 1 aromatic carbocycles. The number of halogens is 2. The number of aliphatic hydroxyl groups is 1. The van der Waals surface area contributed by atoms with E-state index in [4.69, 9.17) is 26.1 Å². The van der Waals surface area contributed by atoms with Gasteiger partial charge in [-0.25, -0.2) is 19.2 Å². The van der Waals surface area contributed by atoms with Gasteiger partial charge in [-0.05, 0) is 52.8 Å². The fraction of sp³-hybridized carbons (Fsp3) is 0.452. The summed E-state index contributed by atoms with van der Waals surface area (Å²) in [5.74, 6) is -0.224. The van der Waals surface area contributed by atoms with Gasteiger partial charge in [-0.2, -0.15) is 5.26 Å². The summed E-state index contributed by atoms with van der Waals surface area (Å²) in [6, 6.07) is 2.28. The molecule has 4 aromatic rings. The summed E-state index contributed by atoms with van der Waals surface area (Å²) in [5, 5.41) is 25.0. The molecular weight excluding hydrogens is 621 g/mol. The number of thiophene rings is 1. The highest BCUT2D eigenvalue weighted by atomic mass is 35.5. The van der Waals surface area contributed by atoms with E-state index in [2.05, 4.69) is 40.1 Å². The standard InChI is InChI=1S/C31H33ClFN7O4S/c1-14(2)39(6)20-10-40(11-21(20)41)29-36-8-16-17-12-43-13-18(17)22(24(32)25(16)37-29)26-23-15(7-34)28(38-30(42)44-31(3,4)5)45-27(23)19(33)9-35-26/h8-9,14,20-21,41H,10-13H2,1-6H3,(H,38,42)/t20-,21+/m0/s1. The Kier molecular flexibility index (Phi) is 8.07. The lowest BCUT2D eigenvalue weighted by Crippen LogP contribution is -2.44. The minimum atomic E-state index is -0.774. The van der Waals surface area contributed by atoms with Crippen LogP contribution in [0.3, 0.4) is 0 Å². The van der Waals surface area contributed by atoms with Crippen LogP contribution in [-0.4, -0.2) is 75.0 Å². The molecule has 0 spiro atoms. The molecule has 2 aliphatic rings. The molecule has 0 bridgehead atoms. The van der Waals surface area contributed by atoms with Crippen molar-refractivity contribution in [3.05, 3.63) is 39.9 Å². The minimum absolute atomic E-state index is 0.0430. The van der Waals surface area contributed by atoms with Gasteiger partial charge in [0.15, 0.2) is 5.82 Å². The van der Waals surface area contributed by atoms with Crippen molar-refractivity contribution >= 4 is 61.0 Å². The van der Waals surface area contributed by atoms with Crippen LogP contribution in [0.4, 0.5) is 20.1 Å². The van der Waals surface area contributed by atoms with Crippen molar-refractivity contribution in [1.29, 1.82) is 5.26 Å². The molecule has 14 heteroatoms. The Bertz CT molecular complexity index is 1890. The van der Waals surface area contributed by atoms with Crippen LogP contribution in [0.15, 0.2) is 12.4 Å². The maximum Gasteiger partial charge on any atom is 0.412 e. The molecule has 5 heterocycles. The average molecular weight is 654 g/mol. The van der Waals surface area contributed by atoms with Crippen LogP contribution in [0.5, 0.6) is 0 Å². The lowest BCUT2D eigenvalue weighted by Gasteiger charge is -2.29. The van der Waals surface area contributed by atoms with Gasteiger partial charge in [-0.15, -0.1) is 11.3 Å². The number of ether oxygens (including phenoxy) is 2. The van der Waals surface area contributed by atoms with Crippen LogP contribution in [0.25, 0.3) is 32.2 Å². The maximum absolute atomic E-state index is 15.2. The third-order valence-electron chi connectivity index (χ3n) is 8.20. The SMILES string of the molecule is CC(C)N(C)[C@H]1CN(c2ncc3c4c(c(-c5ncc(F)c6sc(NC(=O)OC(C)(C)C)c(C#N)c56)c(Cl)c3n2)COC4)C[C@H]1O. The van der Waals surface area contributed by atoms with Crippen LogP contribution >= 0.6 is 22.9 Å². The molecule has 6 rings (SSSR count). The fourth-order valence-electron chi connectivity index (χ4n) is 5.87. The number of likely N-dealkylation sites (N-methyl/N-ethyl adjacent to an activating group) is 1. The van der Waals surface area contributed by atoms with E-state index in [1.165, 1.54) is 0 Å². The Morgan fingerprint density at radius 1 is 1.29 bits per heavy atom. The third kappa shape index (κ3) is 5.55. The summed E-state index contributed by atoms with van der Waals surface area (Å²) in [4.78, 5) is 30.6. The van der Waals surface area contributed by atoms with Crippen molar-refractivity contribution in [2.45, 2.75) is 71.6 Å². The zero-order valence-corrected chi connectivity index (χ0v) is 27.3. The number of aromatic nitrogens is 3. The average Bonchev–Trinajstić information content (AvgIpc) is 3.70. The van der Waals surface area contributed by atoms with Gasteiger partial charge in [-0.3, -0.25) is 15.2 Å². The molecule has 11 nitrogen and oxygen atoms in total. The van der Waals surface area contributed by atoms with Gasteiger partial charge in [0, 0.05) is 41.7 Å². The summed E-state index contributed by atoms with van der Waals surface area (Å²) in [6.07, 6.45) is 1.45. The van der Waals surface area contributed by atoms with Gasteiger partial charge < -0.3 is 19.5 Å². The second kappa shape index (κ2) is 11.6. The first-order valence-electron chi connectivity index (χ1n) is 14.5. The van der Waals surface area contributed by atoms with Crippen LogP contribution < -0.4 is 10.2 Å². The van der Waals surface area contributed by atoms with Crippen molar-refractivity contribution < 1.29 is 23.8 Å². The number of aliphatic hydroxyl groups excluding tert-OH is 1. The van der Waals surface area contributed by atoms with Crippen LogP contribution in [0.1, 0.15) is 51.3 Å². The Morgan fingerprint density at radius 2 is 2.02 bits per heavy atom. The number of benzene rings is 1. The van der Waals surface area contributed by atoms with E-state index in [9.17, 15) is 15.2 Å². The molecule has 1 amide bonds. The molecule has 0 unspecified atom stereocenters. The number of nitrogens with zero attached hydrogens (tertiary/aromatic N) is 6. The van der Waals surface area contributed by atoms with Gasteiger partial charge in [-0.1, -0.05) is 11.6 Å². The van der Waals surface area contributed by atoms with Crippen molar-refractivity contribution in [1.82, 2.24) is 19.9 Å². The highest BCUT2D eigenvalue weighted by Crippen LogP contribution is 2.47. The predicted octanol–water partition coefficient (Wildman–Crippen LogP) is 5.84. The van der Waals surface area contributed by atoms with Crippen LogP contribution in [0.2, 0.25) is 5.02 Å². The molecule has 1 fully saturated rings. The number of pyridine rings is 1. The molecule has 1 saturated heterocycles. The maximum atomic E-state index is 15.2. The largest absolute Gasteiger partial charge is 0.444 e. The van der Waals surface area contributed by atoms with E-state index in [-0.39, 0.29) is 56.7 Å². The summed E-state index contributed by atoms with van der Waals surface area (Å²) in [5.41, 5.74) is 2.05. The van der Waals surface area contributed by atoms with Crippen molar-refractivity contribution in [3.8, 4) is 17.3 Å². The molecule has 0 aliphatic carbocycles.